The van der Waals surface area contributed by atoms with Gasteiger partial charge in [-0.2, -0.15) is 4.39 Å². The minimum Gasteiger partial charge on any atom is -0.288 e. The lowest BCUT2D eigenvalue weighted by atomic mass is 10.6. The molecule has 1 aromatic heterocycles. The number of aromatic nitrogens is 2. The van der Waals surface area contributed by atoms with Crippen molar-refractivity contribution < 1.29 is 4.39 Å². The third kappa shape index (κ3) is 1.42. The van der Waals surface area contributed by atoms with Crippen LogP contribution < -0.4 is 5.56 Å². The van der Waals surface area contributed by atoms with Crippen molar-refractivity contribution in [3.63, 3.8) is 0 Å². The Balaban J connectivity index is 3.37. The van der Waals surface area contributed by atoms with E-state index in [0.29, 0.717) is 5.16 Å². The van der Waals surface area contributed by atoms with E-state index >= 15 is 0 Å². The molecule has 0 radical (unpaired) electrons. The number of thioether (sulfide) groups is 1. The molecular weight excluding hydrogens is 167 g/mol. The summed E-state index contributed by atoms with van der Waals surface area (Å²) in [5, 5.41) is 0.511. The summed E-state index contributed by atoms with van der Waals surface area (Å²) in [5.41, 5.74) is -0.635. The van der Waals surface area contributed by atoms with Gasteiger partial charge in [-0.05, 0) is 6.26 Å². The lowest BCUT2D eigenvalue weighted by molar-refractivity contribution is 0.555. The molecule has 0 aliphatic heterocycles. The van der Waals surface area contributed by atoms with Crippen LogP contribution in [-0.2, 0) is 7.05 Å². The molecule has 0 aromatic carbocycles. The van der Waals surface area contributed by atoms with Crippen molar-refractivity contribution in [3.8, 4) is 0 Å². The highest BCUT2D eigenvalue weighted by atomic mass is 32.2. The van der Waals surface area contributed by atoms with Crippen LogP contribution in [0.5, 0.6) is 0 Å². The first kappa shape index (κ1) is 8.26. The predicted molar refractivity (Wildman–Crippen MR) is 41.2 cm³/mol. The van der Waals surface area contributed by atoms with E-state index in [1.165, 1.54) is 23.4 Å². The van der Waals surface area contributed by atoms with Crippen LogP contribution in [0.25, 0.3) is 0 Å². The Bertz CT molecular complexity index is 323. The Hall–Kier alpha value is -0.840. The molecule has 0 atom stereocenters. The molecule has 0 spiro atoms. The third-order valence-electron chi connectivity index (χ3n) is 1.27. The van der Waals surface area contributed by atoms with Crippen LogP contribution >= 0.6 is 11.8 Å². The van der Waals surface area contributed by atoms with Crippen molar-refractivity contribution >= 4 is 11.8 Å². The first-order valence-electron chi connectivity index (χ1n) is 2.92. The predicted octanol–water partition coefficient (Wildman–Crippen LogP) is 0.641. The molecule has 1 rings (SSSR count). The van der Waals surface area contributed by atoms with E-state index in [1.54, 1.807) is 6.26 Å². The van der Waals surface area contributed by atoms with Gasteiger partial charge in [-0.15, -0.1) is 0 Å². The Morgan fingerprint density at radius 3 is 2.91 bits per heavy atom. The van der Waals surface area contributed by atoms with E-state index in [1.807, 2.05) is 0 Å². The maximum atomic E-state index is 12.5. The maximum Gasteiger partial charge on any atom is 0.289 e. The average Bonchev–Trinajstić information content (AvgIpc) is 2.01. The molecule has 0 amide bonds. The molecule has 11 heavy (non-hydrogen) atoms. The molecule has 60 valence electrons. The third-order valence-corrected chi connectivity index (χ3v) is 2.01. The first-order valence-corrected chi connectivity index (χ1v) is 4.15. The van der Waals surface area contributed by atoms with E-state index in [2.05, 4.69) is 4.98 Å². The van der Waals surface area contributed by atoms with E-state index in [-0.39, 0.29) is 0 Å². The Morgan fingerprint density at radius 1 is 1.73 bits per heavy atom. The summed E-state index contributed by atoms with van der Waals surface area (Å²) < 4.78 is 13.7. The van der Waals surface area contributed by atoms with Gasteiger partial charge in [0, 0.05) is 7.05 Å². The van der Waals surface area contributed by atoms with Crippen LogP contribution in [0.4, 0.5) is 4.39 Å². The molecule has 3 nitrogen and oxygen atoms in total. The second-order valence-electron chi connectivity index (χ2n) is 1.96. The number of rotatable bonds is 1. The summed E-state index contributed by atoms with van der Waals surface area (Å²) in [4.78, 5) is 14.6. The van der Waals surface area contributed by atoms with Crippen molar-refractivity contribution in [3.05, 3.63) is 22.4 Å². The van der Waals surface area contributed by atoms with Crippen molar-refractivity contribution in [2.24, 2.45) is 7.05 Å². The van der Waals surface area contributed by atoms with Crippen LogP contribution in [0.15, 0.2) is 16.1 Å². The largest absolute Gasteiger partial charge is 0.289 e. The molecule has 0 unspecified atom stereocenters. The lowest BCUT2D eigenvalue weighted by Gasteiger charge is -2.01. The Labute approximate surface area is 67.3 Å². The second-order valence-corrected chi connectivity index (χ2v) is 2.73. The normalized spacial score (nSPS) is 10.1. The minimum absolute atomic E-state index is 0.511. The van der Waals surface area contributed by atoms with Gasteiger partial charge in [0.25, 0.3) is 5.56 Å². The SMILES string of the molecule is CSc1ncc(F)c(=O)n1C. The van der Waals surface area contributed by atoms with Crippen molar-refractivity contribution in [2.75, 3.05) is 6.26 Å². The fourth-order valence-electron chi connectivity index (χ4n) is 0.690. The van der Waals surface area contributed by atoms with E-state index in [0.717, 1.165) is 6.20 Å². The summed E-state index contributed by atoms with van der Waals surface area (Å²) in [6, 6.07) is 0. The maximum absolute atomic E-state index is 12.5. The second kappa shape index (κ2) is 3.04. The fraction of sp³-hybridized carbons (Fsp3) is 0.333. The smallest absolute Gasteiger partial charge is 0.288 e. The molecule has 1 heterocycles. The van der Waals surface area contributed by atoms with Crippen LogP contribution in [0.2, 0.25) is 0 Å². The Kier molecular flexibility index (Phi) is 2.28. The molecule has 0 saturated heterocycles. The van der Waals surface area contributed by atoms with Crippen LogP contribution in [-0.4, -0.2) is 15.8 Å². The molecule has 0 aliphatic rings. The van der Waals surface area contributed by atoms with E-state index in [9.17, 15) is 9.18 Å². The molecular formula is C6H7FN2OS. The Morgan fingerprint density at radius 2 is 2.36 bits per heavy atom. The number of halogens is 1. The molecule has 0 bridgehead atoms. The summed E-state index contributed by atoms with van der Waals surface area (Å²) in [6.45, 7) is 0. The summed E-state index contributed by atoms with van der Waals surface area (Å²) in [5.74, 6) is -0.815. The van der Waals surface area contributed by atoms with Gasteiger partial charge in [0.05, 0.1) is 6.20 Å². The fourth-order valence-corrected chi connectivity index (χ4v) is 1.21. The molecule has 0 saturated carbocycles. The quantitative estimate of drug-likeness (QED) is 0.463. The first-order chi connectivity index (χ1) is 5.16. The summed E-state index contributed by atoms with van der Waals surface area (Å²) >= 11 is 1.30. The number of hydrogen-bond acceptors (Lipinski definition) is 3. The highest BCUT2D eigenvalue weighted by molar-refractivity contribution is 7.98. The zero-order valence-corrected chi connectivity index (χ0v) is 6.98. The topological polar surface area (TPSA) is 34.9 Å². The van der Waals surface area contributed by atoms with Gasteiger partial charge < -0.3 is 0 Å². The monoisotopic (exact) mass is 174 g/mol. The van der Waals surface area contributed by atoms with Crippen LogP contribution in [0.3, 0.4) is 0 Å². The zero-order valence-electron chi connectivity index (χ0n) is 6.17. The van der Waals surface area contributed by atoms with Gasteiger partial charge >= 0.3 is 0 Å². The zero-order chi connectivity index (χ0) is 8.43. The van der Waals surface area contributed by atoms with Gasteiger partial charge in [-0.25, -0.2) is 4.98 Å². The van der Waals surface area contributed by atoms with Crippen molar-refractivity contribution in [2.45, 2.75) is 5.16 Å². The number of hydrogen-bond donors (Lipinski definition) is 0. The average molecular weight is 174 g/mol. The molecule has 0 fully saturated rings. The minimum atomic E-state index is -0.815. The molecule has 1 aromatic rings. The summed E-state index contributed by atoms with van der Waals surface area (Å²) in [6.07, 6.45) is 2.72. The van der Waals surface area contributed by atoms with E-state index in [4.69, 9.17) is 0 Å². The molecule has 5 heteroatoms. The van der Waals surface area contributed by atoms with Gasteiger partial charge in [-0.1, -0.05) is 11.8 Å². The van der Waals surface area contributed by atoms with E-state index < -0.39 is 11.4 Å². The van der Waals surface area contributed by atoms with Crippen molar-refractivity contribution in [1.82, 2.24) is 9.55 Å². The lowest BCUT2D eigenvalue weighted by Crippen LogP contribution is -2.22. The van der Waals surface area contributed by atoms with Crippen LogP contribution in [0.1, 0.15) is 0 Å². The standard InChI is InChI=1S/C6H7FN2OS/c1-9-5(10)4(7)3-8-6(9)11-2/h3H,1-2H3. The summed E-state index contributed by atoms with van der Waals surface area (Å²) in [7, 11) is 1.49. The number of nitrogens with zero attached hydrogens (tertiary/aromatic N) is 2. The van der Waals surface area contributed by atoms with Crippen LogP contribution in [0, 0.1) is 5.82 Å². The molecule has 0 N–H and O–H groups in total. The molecule has 0 aliphatic carbocycles. The van der Waals surface area contributed by atoms with Gasteiger partial charge in [0.1, 0.15) is 0 Å². The van der Waals surface area contributed by atoms with Crippen molar-refractivity contribution in [1.29, 1.82) is 0 Å². The van der Waals surface area contributed by atoms with Gasteiger partial charge in [0.2, 0.25) is 5.82 Å². The highest BCUT2D eigenvalue weighted by Crippen LogP contribution is 2.06. The van der Waals surface area contributed by atoms with Gasteiger partial charge in [0.15, 0.2) is 5.16 Å². The van der Waals surface area contributed by atoms with Gasteiger partial charge in [-0.3, -0.25) is 9.36 Å². The highest BCUT2D eigenvalue weighted by Gasteiger charge is 2.03.